The number of amides is 1. The highest BCUT2D eigenvalue weighted by atomic mass is 16.7. The Hall–Kier alpha value is -1.29. The molecule has 4 nitrogen and oxygen atoms in total. The molecule has 1 rings (SSSR count). The smallest absolute Gasteiger partial charge is 0.434 e. The molecule has 1 heterocycles. The third-order valence-electron chi connectivity index (χ3n) is 2.21. The van der Waals surface area contributed by atoms with Crippen LogP contribution in [0.25, 0.3) is 0 Å². The minimum atomic E-state index is -0.514. The molecule has 96 valence electrons. The van der Waals surface area contributed by atoms with Crippen molar-refractivity contribution in [2.45, 2.75) is 39.7 Å². The summed E-state index contributed by atoms with van der Waals surface area (Å²) in [6.45, 7) is 12.2. The van der Waals surface area contributed by atoms with E-state index in [1.807, 2.05) is 33.8 Å². The molecule has 0 saturated heterocycles. The van der Waals surface area contributed by atoms with Crippen molar-refractivity contribution in [3.63, 3.8) is 0 Å². The number of rotatable bonds is 1. The van der Waals surface area contributed by atoms with Gasteiger partial charge in [0.2, 0.25) is 0 Å². The van der Waals surface area contributed by atoms with Crippen molar-refractivity contribution in [3.05, 3.63) is 23.8 Å². The average molecular weight is 239 g/mol. The van der Waals surface area contributed by atoms with Gasteiger partial charge in [0.15, 0.2) is 0 Å². The van der Waals surface area contributed by atoms with Crippen LogP contribution in [-0.2, 0) is 9.57 Å². The van der Waals surface area contributed by atoms with Gasteiger partial charge in [-0.15, -0.1) is 0 Å². The van der Waals surface area contributed by atoms with Crippen LogP contribution >= 0.6 is 0 Å². The summed E-state index contributed by atoms with van der Waals surface area (Å²) in [7, 11) is 0. The number of hydrogen-bond acceptors (Lipinski definition) is 3. The fourth-order valence-corrected chi connectivity index (χ4v) is 1.40. The molecule has 0 atom stereocenters. The summed E-state index contributed by atoms with van der Waals surface area (Å²) in [6, 6.07) is 0. The summed E-state index contributed by atoms with van der Waals surface area (Å²) >= 11 is 0. The fraction of sp³-hybridized carbons (Fsp3) is 0.615. The molecule has 4 heteroatoms. The first-order valence-corrected chi connectivity index (χ1v) is 5.78. The Morgan fingerprint density at radius 1 is 1.53 bits per heavy atom. The molecule has 0 saturated carbocycles. The molecule has 0 radical (unpaired) electrons. The normalized spacial score (nSPS) is 17.2. The van der Waals surface area contributed by atoms with Crippen molar-refractivity contribution >= 4 is 6.09 Å². The Morgan fingerprint density at radius 2 is 2.18 bits per heavy atom. The number of hydroxylamine groups is 2. The zero-order valence-electron chi connectivity index (χ0n) is 11.1. The quantitative estimate of drug-likeness (QED) is 0.706. The Labute approximate surface area is 103 Å². The lowest BCUT2D eigenvalue weighted by molar-refractivity contribution is -0.138. The molecule has 0 bridgehead atoms. The Bertz CT molecular complexity index is 339. The highest BCUT2D eigenvalue weighted by Crippen LogP contribution is 2.17. The first-order valence-electron chi connectivity index (χ1n) is 5.78. The Balaban J connectivity index is 2.68. The van der Waals surface area contributed by atoms with Gasteiger partial charge in [-0.3, -0.25) is 4.84 Å². The Morgan fingerprint density at radius 3 is 2.71 bits per heavy atom. The van der Waals surface area contributed by atoms with Crippen LogP contribution in [0.4, 0.5) is 4.79 Å². The van der Waals surface area contributed by atoms with Gasteiger partial charge in [-0.2, -0.15) is 5.06 Å². The van der Waals surface area contributed by atoms with Gasteiger partial charge in [-0.25, -0.2) is 4.79 Å². The molecule has 0 aromatic heterocycles. The minimum absolute atomic E-state index is 0.393. The van der Waals surface area contributed by atoms with Gasteiger partial charge in [0, 0.05) is 0 Å². The van der Waals surface area contributed by atoms with Crippen LogP contribution in [0.5, 0.6) is 0 Å². The molecule has 0 aliphatic carbocycles. The summed E-state index contributed by atoms with van der Waals surface area (Å²) in [6.07, 6.45) is 2.38. The van der Waals surface area contributed by atoms with Crippen LogP contribution in [-0.4, -0.2) is 29.9 Å². The first kappa shape index (κ1) is 13.8. The molecule has 1 amide bonds. The Kier molecular flexibility index (Phi) is 4.34. The third-order valence-corrected chi connectivity index (χ3v) is 2.21. The number of carbonyl (C=O) groups is 1. The highest BCUT2D eigenvalue weighted by Gasteiger charge is 2.24. The topological polar surface area (TPSA) is 38.8 Å². The fourth-order valence-electron chi connectivity index (χ4n) is 1.40. The van der Waals surface area contributed by atoms with Gasteiger partial charge in [0.05, 0.1) is 13.2 Å². The largest absolute Gasteiger partial charge is 0.442 e. The van der Waals surface area contributed by atoms with Crippen molar-refractivity contribution in [1.82, 2.24) is 5.06 Å². The summed E-state index contributed by atoms with van der Waals surface area (Å²) in [5.41, 5.74) is 1.46. The lowest BCUT2D eigenvalue weighted by Crippen LogP contribution is -2.37. The van der Waals surface area contributed by atoms with Crippen LogP contribution in [0.3, 0.4) is 0 Å². The van der Waals surface area contributed by atoms with E-state index in [4.69, 9.17) is 9.57 Å². The van der Waals surface area contributed by atoms with Crippen LogP contribution in [0.2, 0.25) is 0 Å². The van der Waals surface area contributed by atoms with Gasteiger partial charge in [0.1, 0.15) is 5.60 Å². The van der Waals surface area contributed by atoms with E-state index in [0.717, 1.165) is 17.6 Å². The average Bonchev–Trinajstić information content (AvgIpc) is 2.39. The van der Waals surface area contributed by atoms with Crippen LogP contribution in [0.15, 0.2) is 23.8 Å². The van der Waals surface area contributed by atoms with E-state index in [-0.39, 0.29) is 0 Å². The molecule has 1 aliphatic rings. The summed E-state index contributed by atoms with van der Waals surface area (Å²) in [5.74, 6) is 0. The van der Waals surface area contributed by atoms with Gasteiger partial charge in [-0.05, 0) is 39.7 Å². The maximum atomic E-state index is 11.9. The summed E-state index contributed by atoms with van der Waals surface area (Å²) < 4.78 is 5.27. The SMILES string of the molecule is C=C(C)C1=CCCON(C(=O)OC(C)(C)C)C1. The third kappa shape index (κ3) is 4.61. The van der Waals surface area contributed by atoms with E-state index < -0.39 is 11.7 Å². The van der Waals surface area contributed by atoms with E-state index in [1.165, 1.54) is 5.06 Å². The standard InChI is InChI=1S/C13H21NO3/c1-10(2)11-7-6-8-16-14(9-11)12(15)17-13(3,4)5/h7H,1,6,8-9H2,2-5H3. The van der Waals surface area contributed by atoms with Crippen molar-refractivity contribution in [1.29, 1.82) is 0 Å². The van der Waals surface area contributed by atoms with E-state index in [9.17, 15) is 4.79 Å². The van der Waals surface area contributed by atoms with Gasteiger partial charge < -0.3 is 4.74 Å². The summed E-state index contributed by atoms with van der Waals surface area (Å²) in [4.78, 5) is 17.2. The number of carbonyl (C=O) groups excluding carboxylic acids is 1. The van der Waals surface area contributed by atoms with Gasteiger partial charge in [0.25, 0.3) is 0 Å². The minimum Gasteiger partial charge on any atom is -0.442 e. The second kappa shape index (κ2) is 5.36. The number of nitrogens with zero attached hydrogens (tertiary/aromatic N) is 1. The zero-order chi connectivity index (χ0) is 13.1. The first-order chi connectivity index (χ1) is 7.79. The van der Waals surface area contributed by atoms with Crippen LogP contribution < -0.4 is 0 Å². The molecule has 0 unspecified atom stereocenters. The van der Waals surface area contributed by atoms with Crippen molar-refractivity contribution in [3.8, 4) is 0 Å². The second-order valence-electron chi connectivity index (χ2n) is 5.15. The molecule has 17 heavy (non-hydrogen) atoms. The molecule has 0 aromatic rings. The monoisotopic (exact) mass is 239 g/mol. The van der Waals surface area contributed by atoms with E-state index in [2.05, 4.69) is 6.58 Å². The lowest BCUT2D eigenvalue weighted by Gasteiger charge is -2.26. The molecule has 0 aromatic carbocycles. The van der Waals surface area contributed by atoms with E-state index >= 15 is 0 Å². The predicted octanol–water partition coefficient (Wildman–Crippen LogP) is 3.06. The lowest BCUT2D eigenvalue weighted by atomic mass is 10.1. The second-order valence-corrected chi connectivity index (χ2v) is 5.15. The van der Waals surface area contributed by atoms with Crippen molar-refractivity contribution in [2.24, 2.45) is 0 Å². The van der Waals surface area contributed by atoms with Crippen molar-refractivity contribution in [2.75, 3.05) is 13.2 Å². The van der Waals surface area contributed by atoms with Gasteiger partial charge in [-0.1, -0.05) is 18.2 Å². The maximum absolute atomic E-state index is 11.9. The summed E-state index contributed by atoms with van der Waals surface area (Å²) in [5, 5.41) is 1.26. The number of ether oxygens (including phenoxy) is 1. The zero-order valence-corrected chi connectivity index (χ0v) is 11.1. The maximum Gasteiger partial charge on any atom is 0.434 e. The van der Waals surface area contributed by atoms with E-state index in [0.29, 0.717) is 13.2 Å². The van der Waals surface area contributed by atoms with E-state index in [1.54, 1.807) is 0 Å². The molecule has 1 aliphatic heterocycles. The molecule has 0 spiro atoms. The van der Waals surface area contributed by atoms with Gasteiger partial charge >= 0.3 is 6.09 Å². The molecular formula is C13H21NO3. The molecule has 0 N–H and O–H groups in total. The highest BCUT2D eigenvalue weighted by molar-refractivity contribution is 5.67. The molecule has 0 fully saturated rings. The van der Waals surface area contributed by atoms with Crippen molar-refractivity contribution < 1.29 is 14.4 Å². The number of hydrogen-bond donors (Lipinski definition) is 0. The van der Waals surface area contributed by atoms with Crippen LogP contribution in [0, 0.1) is 0 Å². The van der Waals surface area contributed by atoms with Crippen LogP contribution in [0.1, 0.15) is 34.1 Å². The molecular weight excluding hydrogens is 218 g/mol. The predicted molar refractivity (Wildman–Crippen MR) is 66.4 cm³/mol.